The highest BCUT2D eigenvalue weighted by Crippen LogP contribution is 2.41. The molecule has 2 N–H and O–H groups in total. The van der Waals surface area contributed by atoms with Gasteiger partial charge in [0, 0.05) is 5.75 Å². The molecule has 0 aromatic carbocycles. The van der Waals surface area contributed by atoms with Crippen LogP contribution < -0.4 is 5.32 Å². The van der Waals surface area contributed by atoms with Gasteiger partial charge >= 0.3 is 5.97 Å². The average Bonchev–Trinajstić information content (AvgIpc) is 2.97. The van der Waals surface area contributed by atoms with Crippen LogP contribution in [0.1, 0.15) is 5.76 Å². The van der Waals surface area contributed by atoms with Gasteiger partial charge in [0.15, 0.2) is 0 Å². The van der Waals surface area contributed by atoms with Crippen molar-refractivity contribution < 1.29 is 23.9 Å². The molecule has 1 fully saturated rings. The highest BCUT2D eigenvalue weighted by atomic mass is 35.5. The van der Waals surface area contributed by atoms with Gasteiger partial charge in [0.2, 0.25) is 5.91 Å². The van der Waals surface area contributed by atoms with E-state index in [-0.39, 0.29) is 23.1 Å². The van der Waals surface area contributed by atoms with Crippen molar-refractivity contribution in [2.75, 3.05) is 5.75 Å². The molecule has 2 amide bonds. The number of carboxylic acid groups (broad SMARTS) is 1. The summed E-state index contributed by atoms with van der Waals surface area (Å²) in [5, 5.41) is 11.4. The van der Waals surface area contributed by atoms with E-state index in [0.717, 1.165) is 4.90 Å². The van der Waals surface area contributed by atoms with Crippen molar-refractivity contribution in [3.63, 3.8) is 0 Å². The predicted octanol–water partition coefficient (Wildman–Crippen LogP) is 0.757. The lowest BCUT2D eigenvalue weighted by Gasteiger charge is -2.48. The Balaban J connectivity index is 1.68. The van der Waals surface area contributed by atoms with E-state index in [9.17, 15) is 14.4 Å². The summed E-state index contributed by atoms with van der Waals surface area (Å²) in [5.74, 6) is -1.29. The minimum Gasteiger partial charge on any atom is -0.477 e. The molecule has 0 aliphatic carbocycles. The first-order chi connectivity index (χ1) is 10.5. The van der Waals surface area contributed by atoms with Gasteiger partial charge in [0.25, 0.3) is 5.91 Å². The SMILES string of the molecule is O=C(Cc1ccco1)NC1C(=O)N2C(C(=O)O)=C(Cl)CS[C@@H]12. The Morgan fingerprint density at radius 2 is 2.32 bits per heavy atom. The number of thioether (sulfide) groups is 1. The number of hydrogen-bond donors (Lipinski definition) is 2. The number of fused-ring (bicyclic) bond motifs is 1. The number of carbonyl (C=O) groups is 3. The Bertz CT molecular complexity index is 672. The average molecular weight is 343 g/mol. The Kier molecular flexibility index (Phi) is 3.88. The number of aliphatic carboxylic acids is 1. The lowest BCUT2D eigenvalue weighted by atomic mass is 10.0. The summed E-state index contributed by atoms with van der Waals surface area (Å²) in [5.41, 5.74) is -0.202. The molecule has 7 nitrogen and oxygen atoms in total. The van der Waals surface area contributed by atoms with Gasteiger partial charge < -0.3 is 14.8 Å². The second kappa shape index (κ2) is 5.69. The normalized spacial score (nSPS) is 23.9. The molecule has 1 aromatic heterocycles. The van der Waals surface area contributed by atoms with Crippen molar-refractivity contribution in [3.8, 4) is 0 Å². The Morgan fingerprint density at radius 1 is 1.55 bits per heavy atom. The van der Waals surface area contributed by atoms with E-state index in [0.29, 0.717) is 11.5 Å². The fourth-order valence-corrected chi connectivity index (χ4v) is 3.93. The number of halogens is 1. The van der Waals surface area contributed by atoms with Crippen LogP contribution in [-0.4, -0.2) is 45.0 Å². The maximum atomic E-state index is 12.1. The molecule has 3 heterocycles. The van der Waals surface area contributed by atoms with E-state index in [1.165, 1.54) is 18.0 Å². The highest BCUT2D eigenvalue weighted by Gasteiger charge is 2.54. The van der Waals surface area contributed by atoms with Crippen LogP contribution in [0.2, 0.25) is 0 Å². The molecular formula is C13H11ClN2O5S. The largest absolute Gasteiger partial charge is 0.477 e. The second-order valence-corrected chi connectivity index (χ2v) is 6.33. The molecule has 0 saturated carbocycles. The third-order valence-corrected chi connectivity index (χ3v) is 5.11. The zero-order valence-electron chi connectivity index (χ0n) is 11.1. The zero-order valence-corrected chi connectivity index (χ0v) is 12.7. The number of nitrogens with one attached hydrogen (secondary N) is 1. The molecule has 116 valence electrons. The summed E-state index contributed by atoms with van der Waals surface area (Å²) in [6.45, 7) is 0. The topological polar surface area (TPSA) is 99.9 Å². The molecule has 2 atom stereocenters. The van der Waals surface area contributed by atoms with Crippen LogP contribution >= 0.6 is 23.4 Å². The second-order valence-electron chi connectivity index (χ2n) is 4.77. The van der Waals surface area contributed by atoms with Gasteiger partial charge in [-0.15, -0.1) is 11.8 Å². The highest BCUT2D eigenvalue weighted by molar-refractivity contribution is 8.00. The Morgan fingerprint density at radius 3 is 2.95 bits per heavy atom. The monoisotopic (exact) mass is 342 g/mol. The van der Waals surface area contributed by atoms with Crippen LogP contribution in [0.15, 0.2) is 33.5 Å². The lowest BCUT2D eigenvalue weighted by molar-refractivity contribution is -0.150. The first-order valence-corrected chi connectivity index (χ1v) is 7.80. The summed E-state index contributed by atoms with van der Waals surface area (Å²) in [4.78, 5) is 36.3. The summed E-state index contributed by atoms with van der Waals surface area (Å²) >= 11 is 7.19. The van der Waals surface area contributed by atoms with Crippen LogP contribution in [0, 0.1) is 0 Å². The standard InChI is InChI=1S/C13H11ClN2O5S/c14-7-5-22-12-9(11(18)16(12)10(7)13(19)20)15-8(17)4-6-2-1-3-21-6/h1-3,9,12H,4-5H2,(H,15,17)(H,19,20)/t9?,12-/m0/s1. The van der Waals surface area contributed by atoms with E-state index in [2.05, 4.69) is 5.32 Å². The molecular weight excluding hydrogens is 332 g/mol. The van der Waals surface area contributed by atoms with Crippen LogP contribution in [0.5, 0.6) is 0 Å². The maximum Gasteiger partial charge on any atom is 0.353 e. The molecule has 1 saturated heterocycles. The van der Waals surface area contributed by atoms with E-state index >= 15 is 0 Å². The van der Waals surface area contributed by atoms with Gasteiger partial charge in [0.05, 0.1) is 17.7 Å². The molecule has 1 unspecified atom stereocenters. The van der Waals surface area contributed by atoms with Gasteiger partial charge in [-0.05, 0) is 12.1 Å². The third kappa shape index (κ3) is 2.48. The van der Waals surface area contributed by atoms with E-state index in [1.807, 2.05) is 0 Å². The summed E-state index contributed by atoms with van der Waals surface area (Å²) in [6, 6.07) is 2.59. The van der Waals surface area contributed by atoms with Crippen molar-refractivity contribution in [2.45, 2.75) is 17.8 Å². The maximum absolute atomic E-state index is 12.1. The minimum atomic E-state index is -1.25. The first-order valence-electron chi connectivity index (χ1n) is 6.37. The fourth-order valence-electron chi connectivity index (χ4n) is 2.38. The summed E-state index contributed by atoms with van der Waals surface area (Å²) in [7, 11) is 0. The zero-order chi connectivity index (χ0) is 15.9. The number of amides is 2. The minimum absolute atomic E-state index is 0.0244. The van der Waals surface area contributed by atoms with Crippen molar-refractivity contribution in [2.24, 2.45) is 0 Å². The number of carbonyl (C=O) groups excluding carboxylic acids is 2. The fraction of sp³-hybridized carbons (Fsp3) is 0.308. The van der Waals surface area contributed by atoms with Crippen molar-refractivity contribution in [3.05, 3.63) is 34.9 Å². The van der Waals surface area contributed by atoms with Gasteiger partial charge in [-0.1, -0.05) is 11.6 Å². The van der Waals surface area contributed by atoms with Crippen molar-refractivity contribution >= 4 is 41.1 Å². The molecule has 2 aliphatic rings. The first kappa shape index (κ1) is 15.0. The Hall–Kier alpha value is -1.93. The van der Waals surface area contributed by atoms with E-state index < -0.39 is 23.3 Å². The molecule has 2 aliphatic heterocycles. The van der Waals surface area contributed by atoms with Crippen LogP contribution in [-0.2, 0) is 20.8 Å². The van der Waals surface area contributed by atoms with E-state index in [1.54, 1.807) is 12.1 Å². The van der Waals surface area contributed by atoms with Gasteiger partial charge in [-0.2, -0.15) is 0 Å². The van der Waals surface area contributed by atoms with Crippen molar-refractivity contribution in [1.82, 2.24) is 10.2 Å². The summed E-state index contributed by atoms with van der Waals surface area (Å²) < 4.78 is 5.07. The van der Waals surface area contributed by atoms with Crippen LogP contribution in [0.25, 0.3) is 0 Å². The quantitative estimate of drug-likeness (QED) is 0.783. The number of β-lactam (4-membered cyclic amide) rings is 1. The molecule has 3 rings (SSSR count). The molecule has 0 radical (unpaired) electrons. The van der Waals surface area contributed by atoms with Gasteiger partial charge in [-0.25, -0.2) is 4.79 Å². The number of furan rings is 1. The third-order valence-electron chi connectivity index (χ3n) is 3.36. The predicted molar refractivity (Wildman–Crippen MR) is 77.9 cm³/mol. The van der Waals surface area contributed by atoms with Gasteiger partial charge in [0.1, 0.15) is 22.9 Å². The van der Waals surface area contributed by atoms with Crippen LogP contribution in [0.4, 0.5) is 0 Å². The van der Waals surface area contributed by atoms with Crippen LogP contribution in [0.3, 0.4) is 0 Å². The molecule has 1 aromatic rings. The molecule has 0 bridgehead atoms. The number of nitrogens with zero attached hydrogens (tertiary/aromatic N) is 1. The number of rotatable bonds is 4. The Labute approximate surface area is 134 Å². The molecule has 22 heavy (non-hydrogen) atoms. The molecule has 0 spiro atoms. The van der Waals surface area contributed by atoms with Crippen molar-refractivity contribution in [1.29, 1.82) is 0 Å². The number of hydrogen-bond acceptors (Lipinski definition) is 5. The smallest absolute Gasteiger partial charge is 0.353 e. The van der Waals surface area contributed by atoms with E-state index in [4.69, 9.17) is 21.1 Å². The molecule has 9 heteroatoms. The summed E-state index contributed by atoms with van der Waals surface area (Å²) in [6.07, 6.45) is 1.48. The lowest BCUT2D eigenvalue weighted by Crippen LogP contribution is -2.70. The number of carboxylic acids is 1. The van der Waals surface area contributed by atoms with Gasteiger partial charge in [-0.3, -0.25) is 14.5 Å².